The molecule has 1 N–H and O–H groups in total. The number of nitrogens with zero attached hydrogens (tertiary/aromatic N) is 1. The molecule has 2 fully saturated rings. The van der Waals surface area contributed by atoms with Gasteiger partial charge in [-0.1, -0.05) is 6.07 Å². The number of morpholine rings is 1. The summed E-state index contributed by atoms with van der Waals surface area (Å²) < 4.78 is 53.3. The van der Waals surface area contributed by atoms with E-state index in [4.69, 9.17) is 9.47 Å². The van der Waals surface area contributed by atoms with Crippen molar-refractivity contribution in [2.24, 2.45) is 0 Å². The average molecular weight is 415 g/mol. The number of hydrogen-bond donors (Lipinski definition) is 1. The summed E-state index contributed by atoms with van der Waals surface area (Å²) in [6, 6.07) is 7.97. The summed E-state index contributed by atoms with van der Waals surface area (Å²) in [5.74, 6) is -2.00. The fourth-order valence-corrected chi connectivity index (χ4v) is 3.69. The van der Waals surface area contributed by atoms with E-state index in [1.54, 1.807) is 11.0 Å². The lowest BCUT2D eigenvalue weighted by Gasteiger charge is -2.44. The number of rotatable bonds is 3. The van der Waals surface area contributed by atoms with Gasteiger partial charge in [-0.3, -0.25) is 0 Å². The Morgan fingerprint density at radius 2 is 1.82 bits per heavy atom. The monoisotopic (exact) mass is 414 g/mol. The number of halogens is 4. The Kier molecular flexibility index (Phi) is 6.37. The zero-order valence-electron chi connectivity index (χ0n) is 15.2. The zero-order valence-corrected chi connectivity index (χ0v) is 16.0. The zero-order chi connectivity index (χ0) is 18.9. The molecule has 4 nitrogen and oxygen atoms in total. The van der Waals surface area contributed by atoms with Gasteiger partial charge in [0, 0.05) is 44.4 Å². The quantitative estimate of drug-likeness (QED) is 0.813. The first-order chi connectivity index (χ1) is 13.0. The van der Waals surface area contributed by atoms with E-state index in [0.717, 1.165) is 32.0 Å². The third kappa shape index (κ3) is 4.37. The summed E-state index contributed by atoms with van der Waals surface area (Å²) in [6.07, 6.45) is 1.46. The van der Waals surface area contributed by atoms with Gasteiger partial charge >= 0.3 is 0 Å². The molecule has 0 aromatic heterocycles. The highest BCUT2D eigenvalue weighted by atomic mass is 35.5. The summed E-state index contributed by atoms with van der Waals surface area (Å²) in [7, 11) is 0. The molecular weight excluding hydrogens is 393 g/mol. The van der Waals surface area contributed by atoms with E-state index < -0.39 is 17.5 Å². The molecule has 0 bridgehead atoms. The van der Waals surface area contributed by atoms with Crippen LogP contribution >= 0.6 is 12.4 Å². The standard InChI is InChI=1S/C20H21F3N2O2.ClH/c21-14-2-1-3-15(10-14)27-16-11-17(22)19(23)18(12-16)25-7-4-20(5-8-25)13-24-6-9-26-20;/h1-3,10-12,24H,4-9,13H2;1H. The molecule has 0 amide bonds. The van der Waals surface area contributed by atoms with Crippen LogP contribution in [0.3, 0.4) is 0 Å². The summed E-state index contributed by atoms with van der Waals surface area (Å²) in [6.45, 7) is 3.40. The third-order valence-corrected chi connectivity index (χ3v) is 5.16. The van der Waals surface area contributed by atoms with Crippen molar-refractivity contribution in [2.75, 3.05) is 37.7 Å². The Bertz CT molecular complexity index is 821. The maximum absolute atomic E-state index is 14.4. The first-order valence-corrected chi connectivity index (χ1v) is 9.07. The Morgan fingerprint density at radius 3 is 2.50 bits per heavy atom. The predicted molar refractivity (Wildman–Crippen MR) is 103 cm³/mol. The lowest BCUT2D eigenvalue weighted by molar-refractivity contribution is -0.0800. The van der Waals surface area contributed by atoms with Crippen LogP contribution in [-0.4, -0.2) is 38.4 Å². The summed E-state index contributed by atoms with van der Waals surface area (Å²) in [4.78, 5) is 1.81. The van der Waals surface area contributed by atoms with Crippen molar-refractivity contribution < 1.29 is 22.6 Å². The van der Waals surface area contributed by atoms with Crippen LogP contribution in [-0.2, 0) is 4.74 Å². The third-order valence-electron chi connectivity index (χ3n) is 5.16. The minimum atomic E-state index is -0.991. The second-order valence-corrected chi connectivity index (χ2v) is 6.99. The fourth-order valence-electron chi connectivity index (χ4n) is 3.69. The number of anilines is 1. The minimum Gasteiger partial charge on any atom is -0.457 e. The summed E-state index contributed by atoms with van der Waals surface area (Å²) in [5.41, 5.74) is -0.0700. The SMILES string of the molecule is Cl.Fc1cccc(Oc2cc(F)c(F)c(N3CCC4(CC3)CNCCO4)c2)c1. The van der Waals surface area contributed by atoms with Crippen LogP contribution < -0.4 is 15.0 Å². The smallest absolute Gasteiger partial charge is 0.182 e. The van der Waals surface area contributed by atoms with Gasteiger partial charge in [-0.25, -0.2) is 13.2 Å². The summed E-state index contributed by atoms with van der Waals surface area (Å²) in [5, 5.41) is 3.33. The number of ether oxygens (including phenoxy) is 2. The number of nitrogens with one attached hydrogen (secondary N) is 1. The highest BCUT2D eigenvalue weighted by molar-refractivity contribution is 5.85. The predicted octanol–water partition coefficient (Wildman–Crippen LogP) is 4.28. The molecule has 1 spiro atoms. The molecule has 2 aromatic carbocycles. The Balaban J connectivity index is 0.00000225. The van der Waals surface area contributed by atoms with Crippen molar-refractivity contribution in [3.63, 3.8) is 0 Å². The van der Waals surface area contributed by atoms with E-state index in [0.29, 0.717) is 19.7 Å². The number of piperidine rings is 1. The van der Waals surface area contributed by atoms with Crippen molar-refractivity contribution >= 4 is 18.1 Å². The molecule has 152 valence electrons. The Labute approximate surface area is 168 Å². The van der Waals surface area contributed by atoms with Gasteiger partial charge in [-0.15, -0.1) is 12.4 Å². The highest BCUT2D eigenvalue weighted by Crippen LogP contribution is 2.35. The van der Waals surface area contributed by atoms with Crippen LogP contribution in [0.5, 0.6) is 11.5 Å². The second kappa shape index (κ2) is 8.59. The topological polar surface area (TPSA) is 33.7 Å². The molecule has 8 heteroatoms. The molecule has 2 aliphatic rings. The van der Waals surface area contributed by atoms with Crippen molar-refractivity contribution in [3.8, 4) is 11.5 Å². The van der Waals surface area contributed by atoms with Gasteiger partial charge in [0.25, 0.3) is 0 Å². The van der Waals surface area contributed by atoms with Crippen LogP contribution in [0.2, 0.25) is 0 Å². The second-order valence-electron chi connectivity index (χ2n) is 6.99. The molecular formula is C20H22ClF3N2O2. The lowest BCUT2D eigenvalue weighted by atomic mass is 9.89. The molecule has 2 heterocycles. The maximum Gasteiger partial charge on any atom is 0.182 e. The number of hydrogen-bond acceptors (Lipinski definition) is 4. The van der Waals surface area contributed by atoms with Gasteiger partial charge in [0.05, 0.1) is 17.9 Å². The van der Waals surface area contributed by atoms with Gasteiger partial charge in [-0.2, -0.15) is 0 Å². The Hall–Kier alpha value is -1.96. The first kappa shape index (κ1) is 20.8. The minimum absolute atomic E-state index is 0. The maximum atomic E-state index is 14.4. The molecule has 0 unspecified atom stereocenters. The molecule has 2 aromatic rings. The molecule has 4 rings (SSSR count). The van der Waals surface area contributed by atoms with Crippen molar-refractivity contribution in [1.29, 1.82) is 0 Å². The van der Waals surface area contributed by atoms with E-state index in [-0.39, 0.29) is 35.2 Å². The molecule has 0 aliphatic carbocycles. The first-order valence-electron chi connectivity index (χ1n) is 9.07. The van der Waals surface area contributed by atoms with Crippen molar-refractivity contribution in [2.45, 2.75) is 18.4 Å². The van der Waals surface area contributed by atoms with Gasteiger partial charge in [0.15, 0.2) is 11.6 Å². The van der Waals surface area contributed by atoms with Crippen LogP contribution in [0.25, 0.3) is 0 Å². The number of benzene rings is 2. The van der Waals surface area contributed by atoms with Crippen LogP contribution in [0.15, 0.2) is 36.4 Å². The Morgan fingerprint density at radius 1 is 1.04 bits per heavy atom. The van der Waals surface area contributed by atoms with Crippen molar-refractivity contribution in [3.05, 3.63) is 53.8 Å². The van der Waals surface area contributed by atoms with Crippen LogP contribution in [0.1, 0.15) is 12.8 Å². The molecule has 0 saturated carbocycles. The van der Waals surface area contributed by atoms with Crippen LogP contribution in [0.4, 0.5) is 18.9 Å². The molecule has 0 radical (unpaired) electrons. The summed E-state index contributed by atoms with van der Waals surface area (Å²) >= 11 is 0. The molecule has 0 atom stereocenters. The van der Waals surface area contributed by atoms with Gasteiger partial charge in [0.1, 0.15) is 17.3 Å². The van der Waals surface area contributed by atoms with Crippen LogP contribution in [0, 0.1) is 17.5 Å². The van der Waals surface area contributed by atoms with Gasteiger partial charge < -0.3 is 19.7 Å². The lowest BCUT2D eigenvalue weighted by Crippen LogP contribution is -2.55. The van der Waals surface area contributed by atoms with E-state index in [2.05, 4.69) is 5.32 Å². The molecule has 28 heavy (non-hydrogen) atoms. The molecule has 2 aliphatic heterocycles. The normalized spacial score (nSPS) is 18.6. The van der Waals surface area contributed by atoms with E-state index in [1.807, 2.05) is 0 Å². The highest BCUT2D eigenvalue weighted by Gasteiger charge is 2.37. The largest absolute Gasteiger partial charge is 0.457 e. The fraction of sp³-hybridized carbons (Fsp3) is 0.400. The van der Waals surface area contributed by atoms with E-state index >= 15 is 0 Å². The van der Waals surface area contributed by atoms with Gasteiger partial charge in [0.2, 0.25) is 0 Å². The van der Waals surface area contributed by atoms with E-state index in [9.17, 15) is 13.2 Å². The van der Waals surface area contributed by atoms with Crippen molar-refractivity contribution in [1.82, 2.24) is 5.32 Å². The average Bonchev–Trinajstić information content (AvgIpc) is 2.66. The van der Waals surface area contributed by atoms with Gasteiger partial charge in [-0.05, 0) is 25.0 Å². The van der Waals surface area contributed by atoms with E-state index in [1.165, 1.54) is 24.3 Å². The molecule has 2 saturated heterocycles.